The lowest BCUT2D eigenvalue weighted by Crippen LogP contribution is -2.12. The van der Waals surface area contributed by atoms with Crippen LogP contribution in [0.3, 0.4) is 0 Å². The Balaban J connectivity index is 1.75. The van der Waals surface area contributed by atoms with Crippen LogP contribution in [-0.4, -0.2) is 18.2 Å². The van der Waals surface area contributed by atoms with E-state index in [2.05, 4.69) is 17.4 Å². The fourth-order valence-electron chi connectivity index (χ4n) is 2.31. The number of amides is 1. The third kappa shape index (κ3) is 3.46. The Labute approximate surface area is 140 Å². The monoisotopic (exact) mass is 322 g/mol. The first-order valence-corrected chi connectivity index (χ1v) is 7.71. The van der Waals surface area contributed by atoms with E-state index in [1.165, 1.54) is 5.56 Å². The molecule has 0 unspecified atom stereocenters. The lowest BCUT2D eigenvalue weighted by atomic mass is 10.1. The Morgan fingerprint density at radius 1 is 1.17 bits per heavy atom. The zero-order valence-corrected chi connectivity index (χ0v) is 13.6. The molecule has 0 saturated heterocycles. The summed E-state index contributed by atoms with van der Waals surface area (Å²) in [5, 5.41) is 6.66. The number of nitrogens with zero attached hydrogens (tertiary/aromatic N) is 1. The second-order valence-electron chi connectivity index (χ2n) is 5.31. The number of aryl methyl sites for hydroxylation is 1. The van der Waals surface area contributed by atoms with Crippen LogP contribution in [-0.2, 0) is 6.42 Å². The maximum absolute atomic E-state index is 12.3. The third-order valence-electron chi connectivity index (χ3n) is 3.72. The van der Waals surface area contributed by atoms with Crippen LogP contribution in [0.25, 0.3) is 11.3 Å². The summed E-state index contributed by atoms with van der Waals surface area (Å²) >= 11 is 0. The van der Waals surface area contributed by atoms with Gasteiger partial charge >= 0.3 is 0 Å². The Kier molecular flexibility index (Phi) is 4.61. The molecule has 1 heterocycles. The van der Waals surface area contributed by atoms with Gasteiger partial charge in [0.15, 0.2) is 11.5 Å². The number of hydrogen-bond acceptors (Lipinski definition) is 4. The summed E-state index contributed by atoms with van der Waals surface area (Å²) in [5.74, 6) is 0.920. The van der Waals surface area contributed by atoms with Gasteiger partial charge in [0.25, 0.3) is 5.91 Å². The van der Waals surface area contributed by atoms with E-state index in [0.29, 0.717) is 11.5 Å². The van der Waals surface area contributed by atoms with Crippen LogP contribution in [0.2, 0.25) is 0 Å². The van der Waals surface area contributed by atoms with Gasteiger partial charge in [0.05, 0.1) is 7.11 Å². The number of nitrogens with one attached hydrogen (secondary N) is 1. The number of anilines is 1. The first kappa shape index (κ1) is 15.8. The summed E-state index contributed by atoms with van der Waals surface area (Å²) < 4.78 is 10.5. The van der Waals surface area contributed by atoms with Gasteiger partial charge in [0.1, 0.15) is 5.75 Å². The topological polar surface area (TPSA) is 64.4 Å². The molecule has 3 aromatic rings. The maximum atomic E-state index is 12.3. The van der Waals surface area contributed by atoms with Crippen molar-refractivity contribution < 1.29 is 14.1 Å². The van der Waals surface area contributed by atoms with Gasteiger partial charge in [-0.2, -0.15) is 0 Å². The zero-order valence-electron chi connectivity index (χ0n) is 13.6. The number of rotatable bonds is 5. The SMILES string of the molecule is CCc1ccc(NC(=O)c2cc(-c3cccc(OC)c3)on2)cc1. The van der Waals surface area contributed by atoms with E-state index in [9.17, 15) is 4.79 Å². The van der Waals surface area contributed by atoms with Crippen molar-refractivity contribution in [1.82, 2.24) is 5.16 Å². The van der Waals surface area contributed by atoms with E-state index < -0.39 is 0 Å². The summed E-state index contributed by atoms with van der Waals surface area (Å²) in [4.78, 5) is 12.3. The summed E-state index contributed by atoms with van der Waals surface area (Å²) in [6.07, 6.45) is 0.960. The molecule has 122 valence electrons. The van der Waals surface area contributed by atoms with Crippen molar-refractivity contribution in [2.75, 3.05) is 12.4 Å². The molecule has 0 saturated carbocycles. The molecule has 24 heavy (non-hydrogen) atoms. The second-order valence-corrected chi connectivity index (χ2v) is 5.31. The number of benzene rings is 2. The predicted octanol–water partition coefficient (Wildman–Crippen LogP) is 4.16. The predicted molar refractivity (Wildman–Crippen MR) is 92.3 cm³/mol. The highest BCUT2D eigenvalue weighted by atomic mass is 16.5. The smallest absolute Gasteiger partial charge is 0.277 e. The largest absolute Gasteiger partial charge is 0.497 e. The lowest BCUT2D eigenvalue weighted by Gasteiger charge is -2.03. The van der Waals surface area contributed by atoms with E-state index in [-0.39, 0.29) is 11.6 Å². The highest BCUT2D eigenvalue weighted by molar-refractivity contribution is 6.03. The molecule has 5 nitrogen and oxygen atoms in total. The van der Waals surface area contributed by atoms with Crippen molar-refractivity contribution >= 4 is 11.6 Å². The van der Waals surface area contributed by atoms with Gasteiger partial charge in [-0.05, 0) is 36.2 Å². The molecule has 0 bridgehead atoms. The number of methoxy groups -OCH3 is 1. The Bertz CT molecular complexity index is 838. The van der Waals surface area contributed by atoms with Crippen LogP contribution in [0.15, 0.2) is 59.1 Å². The van der Waals surface area contributed by atoms with Gasteiger partial charge < -0.3 is 14.6 Å². The quantitative estimate of drug-likeness (QED) is 0.766. The molecule has 1 aromatic heterocycles. The Morgan fingerprint density at radius 2 is 1.96 bits per heavy atom. The summed E-state index contributed by atoms with van der Waals surface area (Å²) in [6, 6.07) is 16.7. The fraction of sp³-hybridized carbons (Fsp3) is 0.158. The fourth-order valence-corrected chi connectivity index (χ4v) is 2.31. The Morgan fingerprint density at radius 3 is 2.67 bits per heavy atom. The van der Waals surface area contributed by atoms with Gasteiger partial charge in [0, 0.05) is 17.3 Å². The molecular formula is C19H18N2O3. The second kappa shape index (κ2) is 7.00. The molecule has 0 atom stereocenters. The van der Waals surface area contributed by atoms with Crippen LogP contribution in [0.5, 0.6) is 5.75 Å². The molecule has 0 radical (unpaired) electrons. The number of carbonyl (C=O) groups is 1. The standard InChI is InChI=1S/C19H18N2O3/c1-3-13-7-9-15(10-8-13)20-19(22)17-12-18(24-21-17)14-5-4-6-16(11-14)23-2/h4-12H,3H2,1-2H3,(H,20,22). The minimum atomic E-state index is -0.308. The maximum Gasteiger partial charge on any atom is 0.277 e. The minimum Gasteiger partial charge on any atom is -0.497 e. The van der Waals surface area contributed by atoms with Crippen LogP contribution in [0, 0.1) is 0 Å². The molecule has 5 heteroatoms. The molecule has 2 aromatic carbocycles. The summed E-state index contributed by atoms with van der Waals surface area (Å²) in [6.45, 7) is 2.09. The molecule has 1 N–H and O–H groups in total. The first-order valence-electron chi connectivity index (χ1n) is 7.71. The van der Waals surface area contributed by atoms with Gasteiger partial charge in [-0.15, -0.1) is 0 Å². The molecule has 0 spiro atoms. The normalized spacial score (nSPS) is 10.4. The summed E-state index contributed by atoms with van der Waals surface area (Å²) in [7, 11) is 1.60. The van der Waals surface area contributed by atoms with E-state index in [1.54, 1.807) is 13.2 Å². The van der Waals surface area contributed by atoms with Crippen molar-refractivity contribution in [3.8, 4) is 17.1 Å². The number of hydrogen-bond donors (Lipinski definition) is 1. The van der Waals surface area contributed by atoms with Gasteiger partial charge in [-0.1, -0.05) is 36.3 Å². The lowest BCUT2D eigenvalue weighted by molar-refractivity contribution is 0.101. The van der Waals surface area contributed by atoms with Crippen LogP contribution >= 0.6 is 0 Å². The molecule has 0 aliphatic rings. The molecule has 3 rings (SSSR count). The highest BCUT2D eigenvalue weighted by Crippen LogP contribution is 2.24. The number of carbonyl (C=O) groups excluding carboxylic acids is 1. The molecular weight excluding hydrogens is 304 g/mol. The molecule has 0 fully saturated rings. The van der Waals surface area contributed by atoms with Gasteiger partial charge in [-0.3, -0.25) is 4.79 Å². The minimum absolute atomic E-state index is 0.229. The molecule has 1 amide bonds. The zero-order chi connectivity index (χ0) is 16.9. The van der Waals surface area contributed by atoms with Crippen molar-refractivity contribution in [2.45, 2.75) is 13.3 Å². The number of aromatic nitrogens is 1. The van der Waals surface area contributed by atoms with E-state index in [4.69, 9.17) is 9.26 Å². The van der Waals surface area contributed by atoms with Crippen LogP contribution in [0.4, 0.5) is 5.69 Å². The van der Waals surface area contributed by atoms with Gasteiger partial charge in [-0.25, -0.2) is 0 Å². The van der Waals surface area contributed by atoms with Crippen molar-refractivity contribution in [1.29, 1.82) is 0 Å². The van der Waals surface area contributed by atoms with Crippen LogP contribution in [0.1, 0.15) is 23.0 Å². The van der Waals surface area contributed by atoms with Crippen molar-refractivity contribution in [2.24, 2.45) is 0 Å². The molecule has 0 aliphatic carbocycles. The van der Waals surface area contributed by atoms with Crippen LogP contribution < -0.4 is 10.1 Å². The van der Waals surface area contributed by atoms with E-state index in [0.717, 1.165) is 17.7 Å². The average molecular weight is 322 g/mol. The van der Waals surface area contributed by atoms with Gasteiger partial charge in [0.2, 0.25) is 0 Å². The first-order chi connectivity index (χ1) is 11.7. The summed E-state index contributed by atoms with van der Waals surface area (Å²) in [5.41, 5.74) is 2.97. The third-order valence-corrected chi connectivity index (χ3v) is 3.72. The Hall–Kier alpha value is -3.08. The number of ether oxygens (including phenoxy) is 1. The van der Waals surface area contributed by atoms with Crippen molar-refractivity contribution in [3.63, 3.8) is 0 Å². The average Bonchev–Trinajstić information content (AvgIpc) is 3.13. The highest BCUT2D eigenvalue weighted by Gasteiger charge is 2.14. The molecule has 0 aliphatic heterocycles. The van der Waals surface area contributed by atoms with Crippen molar-refractivity contribution in [3.05, 3.63) is 65.9 Å². The van der Waals surface area contributed by atoms with E-state index >= 15 is 0 Å². The van der Waals surface area contributed by atoms with E-state index in [1.807, 2.05) is 48.5 Å².